The summed E-state index contributed by atoms with van der Waals surface area (Å²) in [5.41, 5.74) is 0.520. The van der Waals surface area contributed by atoms with E-state index in [2.05, 4.69) is 0 Å². The van der Waals surface area contributed by atoms with Crippen LogP contribution in [0, 0.1) is 16.0 Å². The summed E-state index contributed by atoms with van der Waals surface area (Å²) in [7, 11) is 0. The van der Waals surface area contributed by atoms with Crippen molar-refractivity contribution in [2.24, 2.45) is 5.92 Å². The van der Waals surface area contributed by atoms with Gasteiger partial charge in [0.15, 0.2) is 0 Å². The summed E-state index contributed by atoms with van der Waals surface area (Å²) in [6, 6.07) is 7.28. The fourth-order valence-electron chi connectivity index (χ4n) is 2.24. The molecule has 0 fully saturated rings. The van der Waals surface area contributed by atoms with Gasteiger partial charge in [0.05, 0.1) is 6.04 Å². The first kappa shape index (κ1) is 20.9. The first-order valence-electron chi connectivity index (χ1n) is 7.72. The molecule has 0 unspecified atom stereocenters. The minimum absolute atomic E-state index is 0.234. The van der Waals surface area contributed by atoms with Crippen molar-refractivity contribution in [3.05, 3.63) is 46.0 Å². The van der Waals surface area contributed by atoms with Gasteiger partial charge in [-0.15, -0.1) is 0 Å². The average Bonchev–Trinajstić information content (AvgIpc) is 2.50. The summed E-state index contributed by atoms with van der Waals surface area (Å²) in [5.74, 6) is -2.32. The Kier molecular flexibility index (Phi) is 7.35. The van der Waals surface area contributed by atoms with E-state index in [4.69, 9.17) is 4.74 Å². The van der Waals surface area contributed by atoms with Crippen LogP contribution in [0.25, 0.3) is 0 Å². The highest BCUT2D eigenvalue weighted by atomic mass is 19.4. The van der Waals surface area contributed by atoms with Crippen molar-refractivity contribution in [1.82, 2.24) is 5.32 Å². The molecule has 0 heterocycles. The molecule has 140 valence electrons. The number of nitro groups is 1. The van der Waals surface area contributed by atoms with E-state index in [1.54, 1.807) is 44.2 Å². The molecule has 0 aliphatic rings. The van der Waals surface area contributed by atoms with Crippen LogP contribution in [0.2, 0.25) is 0 Å². The molecule has 1 N–H and O–H groups in total. The zero-order valence-corrected chi connectivity index (χ0v) is 14.1. The number of hydrogen-bond acceptors (Lipinski definition) is 4. The van der Waals surface area contributed by atoms with Crippen LogP contribution >= 0.6 is 0 Å². The summed E-state index contributed by atoms with van der Waals surface area (Å²) < 4.78 is 43.2. The number of benzene rings is 1. The van der Waals surface area contributed by atoms with Crippen molar-refractivity contribution < 1.29 is 27.6 Å². The Hall–Kier alpha value is -2.16. The molecule has 0 aliphatic carbocycles. The molecule has 1 amide bonds. The van der Waals surface area contributed by atoms with Gasteiger partial charge in [-0.05, 0) is 18.4 Å². The second kappa shape index (κ2) is 8.80. The Balaban J connectivity index is 3.04. The molecule has 6 nitrogen and oxygen atoms in total. The summed E-state index contributed by atoms with van der Waals surface area (Å²) in [4.78, 5) is 21.5. The monoisotopic (exact) mass is 362 g/mol. The lowest BCUT2D eigenvalue weighted by Crippen LogP contribution is -2.46. The van der Waals surface area contributed by atoms with E-state index in [-0.39, 0.29) is 5.92 Å². The number of halogens is 3. The van der Waals surface area contributed by atoms with Gasteiger partial charge in [-0.3, -0.25) is 14.9 Å². The Bertz CT molecular complexity index is 578. The molecular formula is C16H21F3N2O4. The Labute approximate surface area is 143 Å². The molecule has 1 aromatic carbocycles. The lowest BCUT2D eigenvalue weighted by atomic mass is 10.0. The second-order valence-electron chi connectivity index (χ2n) is 6.03. The SMILES string of the molecule is CC(C)[C@H](C[N+](=O)[O-])O[C@H](c1ccccc1)[C@H](C)NC(=O)C(F)(F)F. The van der Waals surface area contributed by atoms with E-state index in [0.29, 0.717) is 5.56 Å². The van der Waals surface area contributed by atoms with E-state index >= 15 is 0 Å². The minimum Gasteiger partial charge on any atom is -0.361 e. The third kappa shape index (κ3) is 6.69. The van der Waals surface area contributed by atoms with Gasteiger partial charge in [0.1, 0.15) is 12.2 Å². The van der Waals surface area contributed by atoms with E-state index in [0.717, 1.165) is 0 Å². The quantitative estimate of drug-likeness (QED) is 0.569. The number of nitrogens with one attached hydrogen (secondary N) is 1. The zero-order chi connectivity index (χ0) is 19.2. The summed E-state index contributed by atoms with van der Waals surface area (Å²) in [5, 5.41) is 12.7. The fraction of sp³-hybridized carbons (Fsp3) is 0.562. The molecule has 25 heavy (non-hydrogen) atoms. The van der Waals surface area contributed by atoms with Crippen LogP contribution in [0.3, 0.4) is 0 Å². The van der Waals surface area contributed by atoms with Crippen molar-refractivity contribution in [3.63, 3.8) is 0 Å². The molecule has 0 saturated heterocycles. The summed E-state index contributed by atoms with van der Waals surface area (Å²) in [6.45, 7) is 4.32. The predicted octanol–water partition coefficient (Wildman–Crippen LogP) is 3.11. The number of rotatable bonds is 8. The normalized spacial score (nSPS) is 15.5. The lowest BCUT2D eigenvalue weighted by Gasteiger charge is -2.30. The molecule has 1 rings (SSSR count). The third-order valence-electron chi connectivity index (χ3n) is 3.59. The molecule has 3 atom stereocenters. The van der Waals surface area contributed by atoms with E-state index in [1.807, 2.05) is 5.32 Å². The van der Waals surface area contributed by atoms with Gasteiger partial charge in [0.25, 0.3) is 0 Å². The first-order valence-corrected chi connectivity index (χ1v) is 7.72. The number of alkyl halides is 3. The van der Waals surface area contributed by atoms with Crippen LogP contribution in [0.4, 0.5) is 13.2 Å². The first-order chi connectivity index (χ1) is 11.5. The maximum absolute atomic E-state index is 12.5. The van der Waals surface area contributed by atoms with E-state index in [1.165, 1.54) is 6.92 Å². The number of carbonyl (C=O) groups is 1. The van der Waals surface area contributed by atoms with Gasteiger partial charge >= 0.3 is 12.1 Å². The van der Waals surface area contributed by atoms with Gasteiger partial charge in [-0.1, -0.05) is 44.2 Å². The lowest BCUT2D eigenvalue weighted by molar-refractivity contribution is -0.494. The Morgan fingerprint density at radius 1 is 1.24 bits per heavy atom. The maximum Gasteiger partial charge on any atom is 0.471 e. The van der Waals surface area contributed by atoms with Crippen LogP contribution < -0.4 is 5.32 Å². The number of carbonyl (C=O) groups excluding carboxylic acids is 1. The Morgan fingerprint density at radius 2 is 1.80 bits per heavy atom. The molecule has 0 saturated carbocycles. The molecular weight excluding hydrogens is 341 g/mol. The number of amides is 1. The highest BCUT2D eigenvalue weighted by Gasteiger charge is 2.41. The molecule has 1 aromatic rings. The third-order valence-corrected chi connectivity index (χ3v) is 3.59. The van der Waals surface area contributed by atoms with Crippen LogP contribution in [-0.4, -0.2) is 35.7 Å². The fourth-order valence-corrected chi connectivity index (χ4v) is 2.24. The van der Waals surface area contributed by atoms with Crippen molar-refractivity contribution in [2.45, 2.75) is 45.2 Å². The van der Waals surface area contributed by atoms with Gasteiger partial charge in [-0.25, -0.2) is 0 Å². The van der Waals surface area contributed by atoms with Crippen molar-refractivity contribution in [2.75, 3.05) is 6.54 Å². The van der Waals surface area contributed by atoms with Gasteiger partial charge < -0.3 is 10.1 Å². The summed E-state index contributed by atoms with van der Waals surface area (Å²) in [6.07, 6.45) is -6.79. The smallest absolute Gasteiger partial charge is 0.361 e. The highest BCUT2D eigenvalue weighted by Crippen LogP contribution is 2.26. The molecule has 9 heteroatoms. The number of nitrogens with zero attached hydrogens (tertiary/aromatic N) is 1. The largest absolute Gasteiger partial charge is 0.471 e. The van der Waals surface area contributed by atoms with Gasteiger partial charge in [-0.2, -0.15) is 13.2 Å². The van der Waals surface area contributed by atoms with E-state index < -0.39 is 41.8 Å². The van der Waals surface area contributed by atoms with Gasteiger partial charge in [0, 0.05) is 4.92 Å². The molecule has 0 radical (unpaired) electrons. The van der Waals surface area contributed by atoms with E-state index in [9.17, 15) is 28.1 Å². The van der Waals surface area contributed by atoms with Gasteiger partial charge in [0.2, 0.25) is 6.54 Å². The predicted molar refractivity (Wildman–Crippen MR) is 84.4 cm³/mol. The van der Waals surface area contributed by atoms with Crippen molar-refractivity contribution in [1.29, 1.82) is 0 Å². The number of ether oxygens (including phenoxy) is 1. The topological polar surface area (TPSA) is 81.5 Å². The molecule has 0 spiro atoms. The van der Waals surface area contributed by atoms with Crippen molar-refractivity contribution >= 4 is 5.91 Å². The zero-order valence-electron chi connectivity index (χ0n) is 14.1. The molecule has 0 aromatic heterocycles. The second-order valence-corrected chi connectivity index (χ2v) is 6.03. The average molecular weight is 362 g/mol. The standard InChI is InChI=1S/C16H21F3N2O4/c1-10(2)13(9-21(23)24)25-14(12-7-5-4-6-8-12)11(3)20-15(22)16(17,18)19/h4-8,10-11,13-14H,9H2,1-3H3,(H,20,22)/t11-,13-,14-/m0/s1. The Morgan fingerprint density at radius 3 is 2.24 bits per heavy atom. The van der Waals surface area contributed by atoms with Crippen molar-refractivity contribution in [3.8, 4) is 0 Å². The minimum atomic E-state index is -5.02. The highest BCUT2D eigenvalue weighted by molar-refractivity contribution is 5.81. The van der Waals surface area contributed by atoms with Crippen LogP contribution in [0.5, 0.6) is 0 Å². The summed E-state index contributed by atoms with van der Waals surface area (Å²) >= 11 is 0. The van der Waals surface area contributed by atoms with Crippen LogP contribution in [0.1, 0.15) is 32.4 Å². The molecule has 0 aliphatic heterocycles. The molecule has 0 bridgehead atoms. The maximum atomic E-state index is 12.5. The number of hydrogen-bond donors (Lipinski definition) is 1. The van der Waals surface area contributed by atoms with Crippen LogP contribution in [-0.2, 0) is 9.53 Å². The van der Waals surface area contributed by atoms with Crippen LogP contribution in [0.15, 0.2) is 30.3 Å².